The molecule has 0 radical (unpaired) electrons. The minimum absolute atomic E-state index is 0.113. The van der Waals surface area contributed by atoms with E-state index in [0.717, 1.165) is 31.2 Å². The molecule has 0 aliphatic rings. The number of hydrogen-bond acceptors (Lipinski definition) is 5. The van der Waals surface area contributed by atoms with Crippen LogP contribution < -0.4 is 5.32 Å². The Balaban J connectivity index is 1.57. The van der Waals surface area contributed by atoms with Crippen molar-refractivity contribution in [3.63, 3.8) is 0 Å². The highest BCUT2D eigenvalue weighted by atomic mass is 35.5. The van der Waals surface area contributed by atoms with Crippen LogP contribution in [0.1, 0.15) is 17.5 Å². The molecule has 0 aliphatic carbocycles. The van der Waals surface area contributed by atoms with Gasteiger partial charge in [0.1, 0.15) is 5.82 Å². The van der Waals surface area contributed by atoms with Crippen LogP contribution in [-0.4, -0.2) is 22.9 Å². The van der Waals surface area contributed by atoms with Crippen molar-refractivity contribution in [2.75, 3.05) is 12.7 Å². The van der Waals surface area contributed by atoms with Crippen LogP contribution in [0, 0.1) is 5.82 Å². The number of aromatic nitrogens is 2. The Hall–Kier alpha value is -1.46. The predicted molar refractivity (Wildman–Crippen MR) is 112 cm³/mol. The van der Waals surface area contributed by atoms with E-state index in [1.54, 1.807) is 12.1 Å². The van der Waals surface area contributed by atoms with E-state index in [4.69, 9.17) is 16.0 Å². The summed E-state index contributed by atoms with van der Waals surface area (Å²) in [7, 11) is 2.73. The highest BCUT2D eigenvalue weighted by Crippen LogP contribution is 2.28. The first kappa shape index (κ1) is 20.3. The average molecular weight is 424 g/mol. The molecule has 0 saturated heterocycles. The van der Waals surface area contributed by atoms with Gasteiger partial charge in [-0.25, -0.2) is 4.39 Å². The fourth-order valence-corrected chi connectivity index (χ4v) is 3.55. The molecule has 27 heavy (non-hydrogen) atoms. The zero-order chi connectivity index (χ0) is 19.1. The lowest BCUT2D eigenvalue weighted by Crippen LogP contribution is -2.14. The molecule has 3 aromatic rings. The maximum absolute atomic E-state index is 13.9. The summed E-state index contributed by atoms with van der Waals surface area (Å²) in [5, 5.41) is 12.0. The third kappa shape index (κ3) is 5.76. The first-order chi connectivity index (χ1) is 13.2. The third-order valence-electron chi connectivity index (χ3n) is 3.88. The summed E-state index contributed by atoms with van der Waals surface area (Å²) in [5.41, 5.74) is 2.57. The Morgan fingerprint density at radius 1 is 1.15 bits per heavy atom. The van der Waals surface area contributed by atoms with E-state index < -0.39 is 5.82 Å². The Bertz CT molecular complexity index is 876. The number of nitrogens with zero attached hydrogens (tertiary/aromatic N) is 2. The molecule has 3 rings (SSSR count). The van der Waals surface area contributed by atoms with E-state index in [1.165, 1.54) is 23.4 Å². The zero-order valence-electron chi connectivity index (χ0n) is 14.6. The standard InChI is InChI=1S/C19H20ClFN3OPS/c20-16-4-1-3-15(17(16)21)12-27-19-24-23-18(25-19)14-7-5-13(6-8-14)11-22-9-2-10-26/h1,3-8,22H,2,9-12,26H2. The summed E-state index contributed by atoms with van der Waals surface area (Å²) in [4.78, 5) is 0. The van der Waals surface area contributed by atoms with Crippen LogP contribution in [0.4, 0.5) is 4.39 Å². The van der Waals surface area contributed by atoms with Gasteiger partial charge >= 0.3 is 0 Å². The molecule has 1 heterocycles. The topological polar surface area (TPSA) is 51.0 Å². The van der Waals surface area contributed by atoms with Crippen molar-refractivity contribution in [2.24, 2.45) is 0 Å². The first-order valence-electron chi connectivity index (χ1n) is 8.56. The highest BCUT2D eigenvalue weighted by Gasteiger charge is 2.12. The second-order valence-corrected chi connectivity index (χ2v) is 7.80. The van der Waals surface area contributed by atoms with E-state index in [0.29, 0.717) is 22.4 Å². The fourth-order valence-electron chi connectivity index (χ4n) is 2.41. The third-order valence-corrected chi connectivity index (χ3v) is 5.44. The van der Waals surface area contributed by atoms with Gasteiger partial charge in [0, 0.05) is 17.9 Å². The van der Waals surface area contributed by atoms with Gasteiger partial charge in [-0.05, 0) is 48.5 Å². The van der Waals surface area contributed by atoms with Crippen LogP contribution >= 0.6 is 32.6 Å². The molecular weight excluding hydrogens is 404 g/mol. The number of hydrogen-bond donors (Lipinski definition) is 1. The second-order valence-electron chi connectivity index (χ2n) is 5.89. The van der Waals surface area contributed by atoms with Crippen molar-refractivity contribution in [2.45, 2.75) is 23.9 Å². The summed E-state index contributed by atoms with van der Waals surface area (Å²) in [6, 6.07) is 13.0. The lowest BCUT2D eigenvalue weighted by molar-refractivity contribution is 0.465. The summed E-state index contributed by atoms with van der Waals surface area (Å²) >= 11 is 7.08. The summed E-state index contributed by atoms with van der Waals surface area (Å²) in [6.07, 6.45) is 2.25. The lowest BCUT2D eigenvalue weighted by atomic mass is 10.1. The molecule has 0 saturated carbocycles. The van der Waals surface area contributed by atoms with Crippen molar-refractivity contribution in [3.8, 4) is 11.5 Å². The monoisotopic (exact) mass is 423 g/mol. The van der Waals surface area contributed by atoms with Crippen molar-refractivity contribution >= 4 is 32.6 Å². The van der Waals surface area contributed by atoms with Crippen molar-refractivity contribution in [1.29, 1.82) is 0 Å². The smallest absolute Gasteiger partial charge is 0.277 e. The molecule has 1 N–H and O–H groups in total. The van der Waals surface area contributed by atoms with Crippen LogP contribution in [0.3, 0.4) is 0 Å². The Labute approximate surface area is 169 Å². The number of nitrogens with one attached hydrogen (secondary N) is 1. The molecule has 4 nitrogen and oxygen atoms in total. The van der Waals surface area contributed by atoms with Gasteiger partial charge in [-0.3, -0.25) is 0 Å². The molecule has 0 fully saturated rings. The zero-order valence-corrected chi connectivity index (χ0v) is 17.3. The number of benzene rings is 2. The number of halogens is 2. The molecule has 1 unspecified atom stereocenters. The van der Waals surface area contributed by atoms with Crippen LogP contribution in [-0.2, 0) is 12.3 Å². The molecule has 2 aromatic carbocycles. The fraction of sp³-hybridized carbons (Fsp3) is 0.263. The minimum atomic E-state index is -0.409. The van der Waals surface area contributed by atoms with Gasteiger partial charge in [0.25, 0.3) is 5.22 Å². The molecular formula is C19H20ClFN3OPS. The minimum Gasteiger partial charge on any atom is -0.411 e. The molecule has 8 heteroatoms. The Morgan fingerprint density at radius 3 is 2.74 bits per heavy atom. The molecule has 142 valence electrons. The van der Waals surface area contributed by atoms with Crippen LogP contribution in [0.15, 0.2) is 52.1 Å². The van der Waals surface area contributed by atoms with E-state index in [-0.39, 0.29) is 5.02 Å². The lowest BCUT2D eigenvalue weighted by Gasteiger charge is -2.04. The molecule has 0 bridgehead atoms. The Morgan fingerprint density at radius 2 is 1.96 bits per heavy atom. The van der Waals surface area contributed by atoms with E-state index in [9.17, 15) is 4.39 Å². The van der Waals surface area contributed by atoms with Gasteiger partial charge in [-0.1, -0.05) is 47.6 Å². The van der Waals surface area contributed by atoms with Crippen molar-refractivity contribution in [1.82, 2.24) is 15.5 Å². The highest BCUT2D eigenvalue weighted by molar-refractivity contribution is 7.98. The van der Waals surface area contributed by atoms with Gasteiger partial charge in [-0.15, -0.1) is 19.4 Å². The van der Waals surface area contributed by atoms with Gasteiger partial charge in [-0.2, -0.15) is 0 Å². The molecule has 0 aliphatic heterocycles. The molecule has 1 aromatic heterocycles. The number of rotatable bonds is 9. The van der Waals surface area contributed by atoms with Crippen molar-refractivity contribution < 1.29 is 8.81 Å². The van der Waals surface area contributed by atoms with Gasteiger partial charge in [0.05, 0.1) is 5.02 Å². The van der Waals surface area contributed by atoms with Crippen LogP contribution in [0.25, 0.3) is 11.5 Å². The van der Waals surface area contributed by atoms with E-state index in [1.807, 2.05) is 24.3 Å². The molecule has 0 amide bonds. The van der Waals surface area contributed by atoms with E-state index >= 15 is 0 Å². The van der Waals surface area contributed by atoms with Gasteiger partial charge in [0.2, 0.25) is 5.89 Å². The second kappa shape index (κ2) is 10.2. The van der Waals surface area contributed by atoms with Gasteiger partial charge < -0.3 is 9.73 Å². The normalized spacial score (nSPS) is 11.1. The summed E-state index contributed by atoms with van der Waals surface area (Å²) < 4.78 is 19.6. The average Bonchev–Trinajstić information content (AvgIpc) is 3.16. The first-order valence-corrected chi connectivity index (χ1v) is 10.7. The summed E-state index contributed by atoms with van der Waals surface area (Å²) in [6.45, 7) is 1.84. The maximum atomic E-state index is 13.9. The predicted octanol–water partition coefficient (Wildman–Crippen LogP) is 5.18. The Kier molecular flexibility index (Phi) is 7.65. The number of thioether (sulfide) groups is 1. The maximum Gasteiger partial charge on any atom is 0.277 e. The van der Waals surface area contributed by atoms with Crippen molar-refractivity contribution in [3.05, 3.63) is 64.4 Å². The summed E-state index contributed by atoms with van der Waals surface area (Å²) in [5.74, 6) is 0.411. The largest absolute Gasteiger partial charge is 0.411 e. The SMILES string of the molecule is Fc1c(Cl)cccc1CSc1nnc(-c2ccc(CNCCCP)cc2)o1. The van der Waals surface area contributed by atoms with Gasteiger partial charge in [0.15, 0.2) is 0 Å². The molecule has 0 spiro atoms. The quantitative estimate of drug-likeness (QED) is 0.292. The van der Waals surface area contributed by atoms with Crippen LogP contribution in [0.5, 0.6) is 0 Å². The van der Waals surface area contributed by atoms with E-state index in [2.05, 4.69) is 24.8 Å². The molecule has 1 atom stereocenters. The van der Waals surface area contributed by atoms with Crippen LogP contribution in [0.2, 0.25) is 5.02 Å².